The van der Waals surface area contributed by atoms with E-state index < -0.39 is 0 Å². The van der Waals surface area contributed by atoms with Gasteiger partial charge in [0.15, 0.2) is 0 Å². The Kier molecular flexibility index (Phi) is 26.5. The van der Waals surface area contributed by atoms with Gasteiger partial charge in [-0.1, -0.05) is 174 Å². The Bertz CT molecular complexity index is 1540. The minimum absolute atomic E-state index is 0.111. The lowest BCUT2D eigenvalue weighted by Gasteiger charge is -2.45. The second kappa shape index (κ2) is 29.2. The van der Waals surface area contributed by atoms with Crippen molar-refractivity contribution in [2.75, 3.05) is 0 Å². The highest BCUT2D eigenvalue weighted by atomic mass is 35.5. The van der Waals surface area contributed by atoms with Crippen LogP contribution in [0.1, 0.15) is 151 Å². The first-order chi connectivity index (χ1) is 26.4. The molecule has 302 valence electrons. The third-order valence-corrected chi connectivity index (χ3v) is 10.9. The predicted molar refractivity (Wildman–Crippen MR) is 253 cm³/mol. The number of hydrogen-bond donors (Lipinski definition) is 0. The lowest BCUT2D eigenvalue weighted by atomic mass is 9.59. The van der Waals surface area contributed by atoms with Crippen molar-refractivity contribution in [1.82, 2.24) is 0 Å². The van der Waals surface area contributed by atoms with Crippen molar-refractivity contribution in [1.29, 1.82) is 0 Å². The topological polar surface area (TPSA) is 0 Å². The van der Waals surface area contributed by atoms with Crippen molar-refractivity contribution >= 4 is 29.3 Å². The quantitative estimate of drug-likeness (QED) is 0.0587. The van der Waals surface area contributed by atoms with Gasteiger partial charge in [0, 0.05) is 11.3 Å². The molecule has 2 heteroatoms. The van der Waals surface area contributed by atoms with E-state index in [0.717, 1.165) is 89.9 Å². The molecule has 0 aromatic heterocycles. The number of rotatable bonds is 28. The molecule has 3 unspecified atom stereocenters. The van der Waals surface area contributed by atoms with Crippen LogP contribution in [0.15, 0.2) is 154 Å². The molecule has 0 amide bonds. The summed E-state index contributed by atoms with van der Waals surface area (Å²) in [7, 11) is 0. The van der Waals surface area contributed by atoms with E-state index in [2.05, 4.69) is 166 Å². The summed E-state index contributed by atoms with van der Waals surface area (Å²) in [4.78, 5) is 0. The maximum Gasteiger partial charge on any atom is 0.103 e. The SMILES string of the molecule is C=CCCCC(CCC(=C(C)C)C(C=C(Cl)Cl)CC=Cc1ccccc1)/C(=C(\CC=CC)CC(=C)C)C(CC=CCC)(CCC=C)C(CC=CCC)=C(C)C. The molecule has 0 aliphatic carbocycles. The number of allylic oxidation sites excluding steroid dienone is 17. The van der Waals surface area contributed by atoms with Gasteiger partial charge in [0.25, 0.3) is 0 Å². The summed E-state index contributed by atoms with van der Waals surface area (Å²) >= 11 is 12.9. The van der Waals surface area contributed by atoms with Crippen LogP contribution in [-0.4, -0.2) is 0 Å². The average molecular weight is 784 g/mol. The summed E-state index contributed by atoms with van der Waals surface area (Å²) in [5, 5.41) is 0. The molecule has 1 aromatic carbocycles. The smallest absolute Gasteiger partial charge is 0.103 e. The molecule has 0 nitrogen and oxygen atoms in total. The summed E-state index contributed by atoms with van der Waals surface area (Å²) in [6.07, 6.45) is 38.8. The zero-order chi connectivity index (χ0) is 41.1. The van der Waals surface area contributed by atoms with Gasteiger partial charge >= 0.3 is 0 Å². The summed E-state index contributed by atoms with van der Waals surface area (Å²) in [5.74, 6) is 0.467. The Morgan fingerprint density at radius 2 is 1.47 bits per heavy atom. The molecule has 0 fully saturated rings. The average Bonchev–Trinajstić information content (AvgIpc) is 3.14. The summed E-state index contributed by atoms with van der Waals surface area (Å²) in [5.41, 5.74) is 11.2. The van der Waals surface area contributed by atoms with Crippen LogP contribution in [0, 0.1) is 17.3 Å². The van der Waals surface area contributed by atoms with Crippen LogP contribution in [0.25, 0.3) is 6.08 Å². The lowest BCUT2D eigenvalue weighted by Crippen LogP contribution is -2.32. The predicted octanol–water partition coefficient (Wildman–Crippen LogP) is 18.3. The van der Waals surface area contributed by atoms with Gasteiger partial charge in [-0.25, -0.2) is 0 Å². The van der Waals surface area contributed by atoms with Crippen molar-refractivity contribution in [3.05, 3.63) is 160 Å². The van der Waals surface area contributed by atoms with Crippen LogP contribution >= 0.6 is 23.2 Å². The number of benzene rings is 1. The Labute approximate surface area is 350 Å². The van der Waals surface area contributed by atoms with Gasteiger partial charge in [-0.15, -0.1) is 13.2 Å². The molecule has 1 rings (SSSR count). The van der Waals surface area contributed by atoms with E-state index in [1.807, 2.05) is 6.08 Å². The molecule has 0 spiro atoms. The Hall–Kier alpha value is -3.06. The molecule has 0 saturated heterocycles. The van der Waals surface area contributed by atoms with E-state index in [1.54, 1.807) is 11.1 Å². The van der Waals surface area contributed by atoms with E-state index in [4.69, 9.17) is 23.2 Å². The zero-order valence-corrected chi connectivity index (χ0v) is 37.7. The lowest BCUT2D eigenvalue weighted by molar-refractivity contribution is 0.319. The van der Waals surface area contributed by atoms with Gasteiger partial charge in [0.2, 0.25) is 0 Å². The van der Waals surface area contributed by atoms with Gasteiger partial charge in [0.1, 0.15) is 4.49 Å². The summed E-state index contributed by atoms with van der Waals surface area (Å²) in [6.45, 7) is 30.9. The zero-order valence-electron chi connectivity index (χ0n) is 36.2. The van der Waals surface area contributed by atoms with Crippen molar-refractivity contribution in [3.8, 4) is 0 Å². The third-order valence-electron chi connectivity index (χ3n) is 10.6. The first kappa shape index (κ1) is 50.0. The minimum Gasteiger partial charge on any atom is -0.103 e. The molecular formula is C53H76Cl2. The molecule has 0 aliphatic rings. The highest BCUT2D eigenvalue weighted by Crippen LogP contribution is 2.54. The van der Waals surface area contributed by atoms with Crippen molar-refractivity contribution in [2.45, 2.75) is 145 Å². The summed E-state index contributed by atoms with van der Waals surface area (Å²) in [6, 6.07) is 10.5. The Balaban J connectivity index is 4.28. The molecule has 0 aliphatic heterocycles. The first-order valence-corrected chi connectivity index (χ1v) is 21.7. The van der Waals surface area contributed by atoms with Gasteiger partial charge in [-0.2, -0.15) is 0 Å². The normalized spacial score (nSPS) is 14.5. The van der Waals surface area contributed by atoms with E-state index in [1.165, 1.54) is 33.4 Å². The number of halogens is 2. The molecule has 3 atom stereocenters. The largest absolute Gasteiger partial charge is 0.103 e. The van der Waals surface area contributed by atoms with E-state index in [-0.39, 0.29) is 11.3 Å². The van der Waals surface area contributed by atoms with Gasteiger partial charge in [0.05, 0.1) is 0 Å². The molecule has 0 saturated carbocycles. The van der Waals surface area contributed by atoms with Crippen molar-refractivity contribution < 1.29 is 0 Å². The van der Waals surface area contributed by atoms with Crippen LogP contribution in [-0.2, 0) is 0 Å². The van der Waals surface area contributed by atoms with Gasteiger partial charge in [-0.05, 0) is 149 Å². The summed E-state index contributed by atoms with van der Waals surface area (Å²) < 4.78 is 0.328. The molecule has 0 heterocycles. The maximum atomic E-state index is 6.46. The number of unbranched alkanes of at least 4 members (excludes halogenated alkanes) is 1. The highest BCUT2D eigenvalue weighted by molar-refractivity contribution is 6.55. The second-order valence-electron chi connectivity index (χ2n) is 15.6. The van der Waals surface area contributed by atoms with Crippen molar-refractivity contribution in [2.24, 2.45) is 17.3 Å². The molecule has 0 N–H and O–H groups in total. The second-order valence-corrected chi connectivity index (χ2v) is 16.6. The highest BCUT2D eigenvalue weighted by Gasteiger charge is 2.41. The van der Waals surface area contributed by atoms with Gasteiger partial charge < -0.3 is 0 Å². The van der Waals surface area contributed by atoms with Crippen LogP contribution in [0.4, 0.5) is 0 Å². The van der Waals surface area contributed by atoms with E-state index in [9.17, 15) is 0 Å². The standard InChI is InChI=1S/C53H76Cl2/c1-12-17-23-33-46(36-37-49(43(8)9)47(41-51(54)55)34-28-31-45-29-25-22-26-30-45)52(48(32-20-15-4)40-42(6)7)53(38-21-16-5,39-27-19-14-3)50(44(10)11)35-24-18-13-2/h12,15-16,18-20,22,24-31,41,46-47H,1,5-6,13-14,17,21,23,32-40H2,2-4,7-11H3/b20-15?,24-18?,27-19?,31-28?,52-48-. The van der Waals surface area contributed by atoms with E-state index >= 15 is 0 Å². The molecule has 55 heavy (non-hydrogen) atoms. The monoisotopic (exact) mass is 783 g/mol. The van der Waals surface area contributed by atoms with Gasteiger partial charge in [-0.3, -0.25) is 0 Å². The molecular weight excluding hydrogens is 707 g/mol. The van der Waals surface area contributed by atoms with E-state index in [0.29, 0.717) is 10.4 Å². The van der Waals surface area contributed by atoms with Crippen LogP contribution in [0.5, 0.6) is 0 Å². The fourth-order valence-corrected chi connectivity index (χ4v) is 8.51. The van der Waals surface area contributed by atoms with Crippen LogP contribution < -0.4 is 0 Å². The molecule has 0 radical (unpaired) electrons. The first-order valence-electron chi connectivity index (χ1n) is 21.0. The minimum atomic E-state index is -0.162. The van der Waals surface area contributed by atoms with Crippen molar-refractivity contribution in [3.63, 3.8) is 0 Å². The van der Waals surface area contributed by atoms with Crippen LogP contribution in [0.2, 0.25) is 0 Å². The van der Waals surface area contributed by atoms with Crippen LogP contribution in [0.3, 0.4) is 0 Å². The fourth-order valence-electron chi connectivity index (χ4n) is 8.20. The Morgan fingerprint density at radius 3 is 2.04 bits per heavy atom. The Morgan fingerprint density at radius 1 is 0.800 bits per heavy atom. The molecule has 1 aromatic rings. The third kappa shape index (κ3) is 18.6. The maximum absolute atomic E-state index is 6.46. The molecule has 0 bridgehead atoms. The fraction of sp³-hybridized carbons (Fsp3) is 0.472. The number of hydrogen-bond acceptors (Lipinski definition) is 0.